The van der Waals surface area contributed by atoms with E-state index in [4.69, 9.17) is 10.2 Å². The van der Waals surface area contributed by atoms with Crippen LogP contribution in [0.1, 0.15) is 0 Å². The Labute approximate surface area is 94.9 Å². The lowest BCUT2D eigenvalue weighted by Crippen LogP contribution is -2.23. The molecule has 0 fully saturated rings. The summed E-state index contributed by atoms with van der Waals surface area (Å²) in [6.07, 6.45) is 0. The van der Waals surface area contributed by atoms with Crippen LogP contribution in [0.3, 0.4) is 0 Å². The van der Waals surface area contributed by atoms with E-state index in [0.29, 0.717) is 0 Å². The first-order valence-electron chi connectivity index (χ1n) is 4.25. The van der Waals surface area contributed by atoms with Gasteiger partial charge in [-0.2, -0.15) is 0 Å². The molecule has 0 unspecified atom stereocenters. The van der Waals surface area contributed by atoms with Gasteiger partial charge in [-0.05, 0) is 0 Å². The lowest BCUT2D eigenvalue weighted by Gasteiger charge is -2.04. The van der Waals surface area contributed by atoms with Crippen molar-refractivity contribution in [3.8, 4) is 0 Å². The van der Waals surface area contributed by atoms with E-state index < -0.39 is 50.3 Å². The molecule has 0 aromatic rings. The summed E-state index contributed by atoms with van der Waals surface area (Å²) >= 11 is 0. The van der Waals surface area contributed by atoms with E-state index in [9.17, 15) is 19.2 Å². The smallest absolute Gasteiger partial charge is 0.344 e. The van der Waals surface area contributed by atoms with E-state index in [0.717, 1.165) is 0 Å². The van der Waals surface area contributed by atoms with Crippen LogP contribution in [0.5, 0.6) is 0 Å². The first-order valence-corrected chi connectivity index (χ1v) is 4.25. The molecule has 0 atom stereocenters. The molecule has 0 saturated carbocycles. The Balaban J connectivity index is 3.66. The summed E-state index contributed by atoms with van der Waals surface area (Å²) in [5.74, 6) is -4.44. The largest absolute Gasteiger partial charge is 0.479 e. The van der Waals surface area contributed by atoms with E-state index in [2.05, 4.69) is 14.2 Å². The minimum absolute atomic E-state index is 0.758. The number of carbonyl (C=O) groups excluding carboxylic acids is 3. The molecule has 0 aromatic heterocycles. The van der Waals surface area contributed by atoms with Gasteiger partial charge in [0, 0.05) is 0 Å². The van der Waals surface area contributed by atoms with Crippen molar-refractivity contribution in [3.05, 3.63) is 0 Å². The number of aliphatic hydroxyl groups excluding tert-OH is 1. The maximum atomic E-state index is 10.8. The molecule has 0 spiro atoms. The molecule has 0 aliphatic rings. The van der Waals surface area contributed by atoms with Crippen LogP contribution in [0.4, 0.5) is 0 Å². The summed E-state index contributed by atoms with van der Waals surface area (Å²) in [6.45, 7) is -3.27. The maximum absolute atomic E-state index is 10.8. The summed E-state index contributed by atoms with van der Waals surface area (Å²) < 4.78 is 12.6. The lowest BCUT2D eigenvalue weighted by molar-refractivity contribution is -0.167. The summed E-state index contributed by atoms with van der Waals surface area (Å²) in [7, 11) is 0. The standard InChI is InChI=1S/C8H10O9/c9-1-6(12)16-3-8(14)17-4-7(13)15-2-5(10)11/h9H,1-4H2,(H,10,11). The van der Waals surface area contributed by atoms with Gasteiger partial charge in [0.1, 0.15) is 6.61 Å². The number of carboxylic acids is 1. The van der Waals surface area contributed by atoms with Crippen LogP contribution >= 0.6 is 0 Å². The van der Waals surface area contributed by atoms with Crippen LogP contribution in [-0.2, 0) is 33.4 Å². The van der Waals surface area contributed by atoms with Gasteiger partial charge < -0.3 is 24.4 Å². The van der Waals surface area contributed by atoms with Gasteiger partial charge in [0.25, 0.3) is 0 Å². The van der Waals surface area contributed by atoms with Crippen LogP contribution in [-0.4, -0.2) is 60.5 Å². The van der Waals surface area contributed by atoms with Crippen LogP contribution in [0, 0.1) is 0 Å². The van der Waals surface area contributed by atoms with Crippen molar-refractivity contribution in [2.75, 3.05) is 26.4 Å². The third kappa shape index (κ3) is 8.81. The second-order valence-electron chi connectivity index (χ2n) is 2.53. The van der Waals surface area contributed by atoms with Gasteiger partial charge in [0.15, 0.2) is 19.8 Å². The first kappa shape index (κ1) is 14.8. The summed E-state index contributed by atoms with van der Waals surface area (Å²) in [5, 5.41) is 16.4. The van der Waals surface area contributed by atoms with Gasteiger partial charge in [0.2, 0.25) is 0 Å². The zero-order chi connectivity index (χ0) is 13.3. The third-order valence-electron chi connectivity index (χ3n) is 1.19. The Morgan fingerprint density at radius 1 is 0.765 bits per heavy atom. The Kier molecular flexibility index (Phi) is 7.02. The molecule has 9 nitrogen and oxygen atoms in total. The second kappa shape index (κ2) is 8.05. The first-order chi connectivity index (χ1) is 7.95. The van der Waals surface area contributed by atoms with Crippen molar-refractivity contribution >= 4 is 23.9 Å². The van der Waals surface area contributed by atoms with Gasteiger partial charge in [-0.25, -0.2) is 19.2 Å². The Morgan fingerprint density at radius 3 is 1.59 bits per heavy atom. The molecule has 0 rings (SSSR count). The number of rotatable bonds is 7. The van der Waals surface area contributed by atoms with E-state index in [1.165, 1.54) is 0 Å². The highest BCUT2D eigenvalue weighted by Crippen LogP contribution is 1.86. The summed E-state index contributed by atoms with van der Waals surface area (Å²) in [6, 6.07) is 0. The van der Waals surface area contributed by atoms with Crippen molar-refractivity contribution in [1.29, 1.82) is 0 Å². The molecule has 0 aliphatic heterocycles. The minimum atomic E-state index is -1.35. The Morgan fingerprint density at radius 2 is 1.18 bits per heavy atom. The van der Waals surface area contributed by atoms with Crippen LogP contribution in [0.25, 0.3) is 0 Å². The highest BCUT2D eigenvalue weighted by atomic mass is 16.6. The third-order valence-corrected chi connectivity index (χ3v) is 1.19. The number of hydrogen-bond donors (Lipinski definition) is 2. The molecule has 9 heteroatoms. The fraction of sp³-hybridized carbons (Fsp3) is 0.500. The van der Waals surface area contributed by atoms with Crippen LogP contribution in [0.2, 0.25) is 0 Å². The molecule has 96 valence electrons. The number of aliphatic carboxylic acids is 1. The molecule has 0 aromatic carbocycles. The molecule has 0 aliphatic carbocycles. The van der Waals surface area contributed by atoms with Crippen molar-refractivity contribution in [2.45, 2.75) is 0 Å². The summed E-state index contributed by atoms with van der Waals surface area (Å²) in [4.78, 5) is 41.9. The monoisotopic (exact) mass is 250 g/mol. The van der Waals surface area contributed by atoms with E-state index in [1.54, 1.807) is 0 Å². The molecule has 0 amide bonds. The average Bonchev–Trinajstić information content (AvgIpc) is 2.30. The van der Waals surface area contributed by atoms with Crippen molar-refractivity contribution in [3.63, 3.8) is 0 Å². The quantitative estimate of drug-likeness (QED) is 0.377. The molecule has 0 bridgehead atoms. The minimum Gasteiger partial charge on any atom is -0.479 e. The zero-order valence-electron chi connectivity index (χ0n) is 8.58. The predicted molar refractivity (Wildman–Crippen MR) is 47.6 cm³/mol. The SMILES string of the molecule is O=C(O)COC(=O)COC(=O)COC(=O)CO. The van der Waals surface area contributed by atoms with E-state index >= 15 is 0 Å². The number of ether oxygens (including phenoxy) is 3. The van der Waals surface area contributed by atoms with Crippen LogP contribution < -0.4 is 0 Å². The lowest BCUT2D eigenvalue weighted by atomic mass is 10.6. The fourth-order valence-electron chi connectivity index (χ4n) is 0.550. The Bertz CT molecular complexity index is 308. The van der Waals surface area contributed by atoms with E-state index in [1.807, 2.05) is 0 Å². The molecule has 0 saturated heterocycles. The molecular formula is C8H10O9. The summed E-state index contributed by atoms with van der Waals surface area (Å²) in [5.41, 5.74) is 0. The number of aliphatic hydroxyl groups is 1. The zero-order valence-corrected chi connectivity index (χ0v) is 8.58. The number of carbonyl (C=O) groups is 4. The number of hydrogen-bond acceptors (Lipinski definition) is 8. The van der Waals surface area contributed by atoms with E-state index in [-0.39, 0.29) is 0 Å². The highest BCUT2D eigenvalue weighted by Gasteiger charge is 2.11. The molecule has 0 radical (unpaired) electrons. The van der Waals surface area contributed by atoms with Crippen molar-refractivity contribution < 1.29 is 43.6 Å². The average molecular weight is 250 g/mol. The number of esters is 3. The van der Waals surface area contributed by atoms with Crippen molar-refractivity contribution in [2.24, 2.45) is 0 Å². The highest BCUT2D eigenvalue weighted by molar-refractivity contribution is 5.80. The van der Waals surface area contributed by atoms with Gasteiger partial charge in [-0.1, -0.05) is 0 Å². The molecule has 17 heavy (non-hydrogen) atoms. The molecular weight excluding hydrogens is 240 g/mol. The fourth-order valence-corrected chi connectivity index (χ4v) is 0.550. The van der Waals surface area contributed by atoms with Gasteiger partial charge in [-0.3, -0.25) is 0 Å². The van der Waals surface area contributed by atoms with Gasteiger partial charge >= 0.3 is 23.9 Å². The van der Waals surface area contributed by atoms with Gasteiger partial charge in [-0.15, -0.1) is 0 Å². The number of carboxylic acid groups (broad SMARTS) is 1. The molecule has 2 N–H and O–H groups in total. The topological polar surface area (TPSA) is 136 Å². The second-order valence-corrected chi connectivity index (χ2v) is 2.53. The normalized spacial score (nSPS) is 9.24. The Hall–Kier alpha value is -2.16. The van der Waals surface area contributed by atoms with Crippen LogP contribution in [0.15, 0.2) is 0 Å². The van der Waals surface area contributed by atoms with Gasteiger partial charge in [0.05, 0.1) is 0 Å². The maximum Gasteiger partial charge on any atom is 0.344 e. The molecule has 0 heterocycles. The van der Waals surface area contributed by atoms with Crippen molar-refractivity contribution in [1.82, 2.24) is 0 Å². The predicted octanol–water partition coefficient (Wildman–Crippen LogP) is -2.31.